The predicted molar refractivity (Wildman–Crippen MR) is 85.6 cm³/mol. The highest BCUT2D eigenvalue weighted by atomic mass is 15.3. The van der Waals surface area contributed by atoms with Gasteiger partial charge in [-0.25, -0.2) is 15.0 Å². The highest BCUT2D eigenvalue weighted by Crippen LogP contribution is 2.19. The van der Waals surface area contributed by atoms with Crippen LogP contribution in [0.4, 0.5) is 5.95 Å². The number of aromatic nitrogens is 4. The van der Waals surface area contributed by atoms with Crippen molar-refractivity contribution >= 4 is 17.1 Å². The summed E-state index contributed by atoms with van der Waals surface area (Å²) in [5.74, 6) is 0.732. The first-order valence-corrected chi connectivity index (χ1v) is 7.41. The lowest BCUT2D eigenvalue weighted by molar-refractivity contribution is 0.580. The van der Waals surface area contributed by atoms with E-state index < -0.39 is 0 Å². The van der Waals surface area contributed by atoms with E-state index in [1.54, 1.807) is 12.4 Å². The summed E-state index contributed by atoms with van der Waals surface area (Å²) in [5.41, 5.74) is 3.25. The van der Waals surface area contributed by atoms with Gasteiger partial charge in [-0.15, -0.1) is 0 Å². The van der Waals surface area contributed by atoms with Crippen LogP contribution in [0.15, 0.2) is 42.7 Å². The molecule has 0 bridgehead atoms. The van der Waals surface area contributed by atoms with Gasteiger partial charge in [0.1, 0.15) is 5.52 Å². The maximum atomic E-state index is 4.61. The zero-order chi connectivity index (χ0) is 14.8. The molecule has 0 unspecified atom stereocenters. The molecule has 1 aromatic carbocycles. The molecule has 1 N–H and O–H groups in total. The molecule has 0 radical (unpaired) electrons. The molecule has 110 valence electrons. The molecule has 1 fully saturated rings. The third kappa shape index (κ3) is 2.48. The van der Waals surface area contributed by atoms with Crippen molar-refractivity contribution in [3.8, 4) is 11.3 Å². The van der Waals surface area contributed by atoms with E-state index in [0.29, 0.717) is 5.65 Å². The van der Waals surface area contributed by atoms with E-state index in [0.717, 1.165) is 48.9 Å². The van der Waals surface area contributed by atoms with Crippen LogP contribution >= 0.6 is 0 Å². The average molecular weight is 292 g/mol. The molecular weight excluding hydrogens is 276 g/mol. The van der Waals surface area contributed by atoms with E-state index >= 15 is 0 Å². The Bertz CT molecular complexity index is 783. The molecule has 0 saturated carbocycles. The molecule has 1 aliphatic heterocycles. The SMILES string of the molecule is c1ccc(-c2cnc3nc(N4CCNCC4)ncc3n2)cc1. The van der Waals surface area contributed by atoms with Gasteiger partial charge in [-0.2, -0.15) is 4.98 Å². The first-order chi connectivity index (χ1) is 10.9. The Kier molecular flexibility index (Phi) is 3.36. The Labute approximate surface area is 128 Å². The quantitative estimate of drug-likeness (QED) is 0.772. The first kappa shape index (κ1) is 13.1. The van der Waals surface area contributed by atoms with E-state index in [1.165, 1.54) is 0 Å². The van der Waals surface area contributed by atoms with Crippen LogP contribution in [-0.2, 0) is 0 Å². The summed E-state index contributed by atoms with van der Waals surface area (Å²) in [4.78, 5) is 20.2. The molecule has 0 aliphatic carbocycles. The van der Waals surface area contributed by atoms with E-state index in [2.05, 4.69) is 30.2 Å². The van der Waals surface area contributed by atoms with Crippen molar-refractivity contribution in [1.82, 2.24) is 25.3 Å². The molecule has 3 aromatic rings. The minimum atomic E-state index is 0.642. The third-order valence-corrected chi connectivity index (χ3v) is 3.76. The van der Waals surface area contributed by atoms with Crippen LogP contribution in [0, 0.1) is 0 Å². The number of rotatable bonds is 2. The summed E-state index contributed by atoms with van der Waals surface area (Å²) in [5, 5.41) is 3.32. The van der Waals surface area contributed by atoms with E-state index in [1.807, 2.05) is 30.3 Å². The molecule has 1 saturated heterocycles. The molecule has 0 amide bonds. The highest BCUT2D eigenvalue weighted by Gasteiger charge is 2.14. The van der Waals surface area contributed by atoms with Crippen LogP contribution in [0.3, 0.4) is 0 Å². The van der Waals surface area contributed by atoms with Crippen LogP contribution in [-0.4, -0.2) is 46.1 Å². The fraction of sp³-hybridized carbons (Fsp3) is 0.250. The molecule has 6 heteroatoms. The number of hydrogen-bond acceptors (Lipinski definition) is 6. The van der Waals surface area contributed by atoms with Gasteiger partial charge in [-0.05, 0) is 0 Å². The van der Waals surface area contributed by atoms with E-state index in [9.17, 15) is 0 Å². The van der Waals surface area contributed by atoms with Gasteiger partial charge in [0.25, 0.3) is 0 Å². The normalized spacial score (nSPS) is 15.2. The van der Waals surface area contributed by atoms with Crippen LogP contribution in [0.5, 0.6) is 0 Å². The Morgan fingerprint density at radius 2 is 1.73 bits per heavy atom. The number of piperazine rings is 1. The van der Waals surface area contributed by atoms with Crippen molar-refractivity contribution in [2.24, 2.45) is 0 Å². The zero-order valence-corrected chi connectivity index (χ0v) is 12.1. The van der Waals surface area contributed by atoms with Gasteiger partial charge >= 0.3 is 0 Å². The number of fused-ring (bicyclic) bond motifs is 1. The largest absolute Gasteiger partial charge is 0.338 e. The molecule has 0 spiro atoms. The third-order valence-electron chi connectivity index (χ3n) is 3.76. The van der Waals surface area contributed by atoms with Crippen molar-refractivity contribution in [3.05, 3.63) is 42.7 Å². The molecule has 2 aromatic heterocycles. The van der Waals surface area contributed by atoms with Gasteiger partial charge in [0, 0.05) is 31.7 Å². The van der Waals surface area contributed by atoms with Gasteiger partial charge in [-0.3, -0.25) is 0 Å². The zero-order valence-electron chi connectivity index (χ0n) is 12.1. The summed E-state index contributed by atoms with van der Waals surface area (Å²) in [6.07, 6.45) is 3.53. The minimum Gasteiger partial charge on any atom is -0.338 e. The summed E-state index contributed by atoms with van der Waals surface area (Å²) < 4.78 is 0. The smallest absolute Gasteiger partial charge is 0.227 e. The van der Waals surface area contributed by atoms with Crippen molar-refractivity contribution in [2.75, 3.05) is 31.1 Å². The van der Waals surface area contributed by atoms with Crippen molar-refractivity contribution < 1.29 is 0 Å². The van der Waals surface area contributed by atoms with Crippen LogP contribution in [0.25, 0.3) is 22.4 Å². The number of benzene rings is 1. The Morgan fingerprint density at radius 1 is 0.909 bits per heavy atom. The van der Waals surface area contributed by atoms with Crippen LogP contribution in [0.1, 0.15) is 0 Å². The van der Waals surface area contributed by atoms with Gasteiger partial charge in [0.15, 0.2) is 5.65 Å². The predicted octanol–water partition coefficient (Wildman–Crippen LogP) is 1.50. The minimum absolute atomic E-state index is 0.642. The number of anilines is 1. The monoisotopic (exact) mass is 292 g/mol. The summed E-state index contributed by atoms with van der Waals surface area (Å²) in [6, 6.07) is 10.0. The first-order valence-electron chi connectivity index (χ1n) is 7.41. The lowest BCUT2D eigenvalue weighted by atomic mass is 10.2. The maximum Gasteiger partial charge on any atom is 0.227 e. The van der Waals surface area contributed by atoms with Crippen molar-refractivity contribution in [2.45, 2.75) is 0 Å². The average Bonchev–Trinajstić information content (AvgIpc) is 2.62. The summed E-state index contributed by atoms with van der Waals surface area (Å²) in [6.45, 7) is 3.75. The van der Waals surface area contributed by atoms with E-state index in [4.69, 9.17) is 0 Å². The Balaban J connectivity index is 1.70. The van der Waals surface area contributed by atoms with Gasteiger partial charge in [0.2, 0.25) is 5.95 Å². The van der Waals surface area contributed by atoms with E-state index in [-0.39, 0.29) is 0 Å². The lowest BCUT2D eigenvalue weighted by Crippen LogP contribution is -2.44. The fourth-order valence-corrected chi connectivity index (χ4v) is 2.58. The standard InChI is InChI=1S/C16H16N6/c1-2-4-12(5-3-1)13-10-18-15-14(20-13)11-19-16(21-15)22-8-6-17-7-9-22/h1-5,10-11,17H,6-9H2. The van der Waals surface area contributed by atoms with Crippen molar-refractivity contribution in [3.63, 3.8) is 0 Å². The lowest BCUT2D eigenvalue weighted by Gasteiger charge is -2.27. The molecule has 6 nitrogen and oxygen atoms in total. The topological polar surface area (TPSA) is 66.8 Å². The molecule has 4 rings (SSSR count). The number of nitrogens with zero attached hydrogens (tertiary/aromatic N) is 5. The molecule has 0 atom stereocenters. The van der Waals surface area contributed by atoms with Crippen LogP contribution < -0.4 is 10.2 Å². The second kappa shape index (κ2) is 5.65. The van der Waals surface area contributed by atoms with Crippen LogP contribution in [0.2, 0.25) is 0 Å². The molecule has 1 aliphatic rings. The second-order valence-electron chi connectivity index (χ2n) is 5.24. The number of hydrogen-bond donors (Lipinski definition) is 1. The Hall–Kier alpha value is -2.60. The van der Waals surface area contributed by atoms with Gasteiger partial charge < -0.3 is 10.2 Å². The molecule has 22 heavy (non-hydrogen) atoms. The highest BCUT2D eigenvalue weighted by molar-refractivity contribution is 5.73. The van der Waals surface area contributed by atoms with Gasteiger partial charge in [0.05, 0.1) is 18.1 Å². The molecule has 3 heterocycles. The fourth-order valence-electron chi connectivity index (χ4n) is 2.58. The number of nitrogens with one attached hydrogen (secondary N) is 1. The van der Waals surface area contributed by atoms with Crippen molar-refractivity contribution in [1.29, 1.82) is 0 Å². The van der Waals surface area contributed by atoms with Gasteiger partial charge in [-0.1, -0.05) is 30.3 Å². The summed E-state index contributed by atoms with van der Waals surface area (Å²) >= 11 is 0. The maximum absolute atomic E-state index is 4.61. The Morgan fingerprint density at radius 3 is 2.55 bits per heavy atom. The second-order valence-corrected chi connectivity index (χ2v) is 5.24. The summed E-state index contributed by atoms with van der Waals surface area (Å²) in [7, 11) is 0. The molecular formula is C16H16N6.